The standard InChI is InChI=1S/C7H8O3.K.Na.2H/c1-4-6(8)10-7(9)5(2)3;;;;/h4H,1-2H2,3H3;;;;. The molecule has 0 N–H and O–H groups in total. The fourth-order valence-corrected chi connectivity index (χ4v) is 0.220. The van der Waals surface area contributed by atoms with Gasteiger partial charge in [0.25, 0.3) is 0 Å². The van der Waals surface area contributed by atoms with E-state index in [4.69, 9.17) is 0 Å². The van der Waals surface area contributed by atoms with Crippen LogP contribution in [0.25, 0.3) is 0 Å². The third-order valence-electron chi connectivity index (χ3n) is 0.708. The number of carbonyl (C=O) groups is 2. The van der Waals surface area contributed by atoms with Crippen LogP contribution in [0, 0.1) is 0 Å². The molecule has 0 bridgehead atoms. The van der Waals surface area contributed by atoms with Gasteiger partial charge in [-0.05, 0) is 6.92 Å². The molecule has 0 atom stereocenters. The molecule has 0 radical (unpaired) electrons. The van der Waals surface area contributed by atoms with E-state index in [1.165, 1.54) is 6.92 Å². The van der Waals surface area contributed by atoms with Crippen molar-refractivity contribution in [1.82, 2.24) is 0 Å². The second kappa shape index (κ2) is 10.3. The van der Waals surface area contributed by atoms with E-state index < -0.39 is 11.9 Å². The first-order valence-corrected chi connectivity index (χ1v) is 2.62. The molecule has 12 heavy (non-hydrogen) atoms. The molecule has 0 spiro atoms. The van der Waals surface area contributed by atoms with Crippen molar-refractivity contribution < 1.29 is 14.3 Å². The van der Waals surface area contributed by atoms with E-state index in [-0.39, 0.29) is 86.5 Å². The van der Waals surface area contributed by atoms with Gasteiger partial charge in [0.15, 0.2) is 0 Å². The van der Waals surface area contributed by atoms with Gasteiger partial charge in [-0.25, -0.2) is 9.59 Å². The van der Waals surface area contributed by atoms with Gasteiger partial charge < -0.3 is 4.74 Å². The topological polar surface area (TPSA) is 43.4 Å². The zero-order chi connectivity index (χ0) is 8.15. The number of carbonyl (C=O) groups excluding carboxylic acids is 2. The second-order valence-electron chi connectivity index (χ2n) is 1.69. The van der Waals surface area contributed by atoms with Gasteiger partial charge >= 0.3 is 92.9 Å². The first kappa shape index (κ1) is 18.9. The van der Waals surface area contributed by atoms with Crippen LogP contribution < -0.4 is 0 Å². The van der Waals surface area contributed by atoms with E-state index in [2.05, 4.69) is 17.9 Å². The van der Waals surface area contributed by atoms with Gasteiger partial charge in [-0.15, -0.1) is 0 Å². The zero-order valence-corrected chi connectivity index (χ0v) is 5.72. The predicted octanol–water partition coefficient (Wildman–Crippen LogP) is -0.479. The molecule has 0 aliphatic rings. The third kappa shape index (κ3) is 9.35. The Morgan fingerprint density at radius 1 is 1.42 bits per heavy atom. The fourth-order valence-electron chi connectivity index (χ4n) is 0.220. The van der Waals surface area contributed by atoms with E-state index in [1.54, 1.807) is 0 Å². The van der Waals surface area contributed by atoms with Gasteiger partial charge in [0.05, 0.1) is 0 Å². The summed E-state index contributed by atoms with van der Waals surface area (Å²) in [5, 5.41) is 0. The van der Waals surface area contributed by atoms with Crippen LogP contribution in [0.15, 0.2) is 24.8 Å². The minimum atomic E-state index is -0.756. The van der Waals surface area contributed by atoms with Gasteiger partial charge in [-0.1, -0.05) is 13.2 Å². The van der Waals surface area contributed by atoms with Crippen molar-refractivity contribution in [3.05, 3.63) is 24.8 Å². The number of rotatable bonds is 2. The van der Waals surface area contributed by atoms with Crippen molar-refractivity contribution in [2.24, 2.45) is 0 Å². The molecular formula is C7H10KNaO3. The van der Waals surface area contributed by atoms with Crippen LogP contribution in [-0.4, -0.2) is 92.9 Å². The molecule has 0 aliphatic carbocycles. The molecule has 0 aromatic carbocycles. The predicted molar refractivity (Wildman–Crippen MR) is 50.4 cm³/mol. The van der Waals surface area contributed by atoms with Crippen LogP contribution in [-0.2, 0) is 14.3 Å². The quantitative estimate of drug-likeness (QED) is 0.264. The van der Waals surface area contributed by atoms with Gasteiger partial charge in [-0.3, -0.25) is 0 Å². The molecule has 0 heterocycles. The molecule has 3 nitrogen and oxygen atoms in total. The number of esters is 2. The van der Waals surface area contributed by atoms with Crippen LogP contribution >= 0.6 is 0 Å². The Hall–Kier alpha value is 1.26. The summed E-state index contributed by atoms with van der Waals surface area (Å²) in [6, 6.07) is 0. The Morgan fingerprint density at radius 2 is 1.83 bits per heavy atom. The Kier molecular flexibility index (Phi) is 16.3. The van der Waals surface area contributed by atoms with Crippen molar-refractivity contribution in [2.45, 2.75) is 6.92 Å². The first-order chi connectivity index (χ1) is 4.57. The van der Waals surface area contributed by atoms with Crippen LogP contribution in [0.4, 0.5) is 0 Å². The first-order valence-electron chi connectivity index (χ1n) is 2.62. The Labute approximate surface area is 136 Å². The van der Waals surface area contributed by atoms with Crippen molar-refractivity contribution in [2.75, 3.05) is 0 Å². The third-order valence-corrected chi connectivity index (χ3v) is 0.708. The molecule has 0 unspecified atom stereocenters. The fraction of sp³-hybridized carbons (Fsp3) is 0.143. The van der Waals surface area contributed by atoms with E-state index in [9.17, 15) is 9.59 Å². The molecule has 0 saturated carbocycles. The van der Waals surface area contributed by atoms with Gasteiger partial charge in [-0.2, -0.15) is 0 Å². The van der Waals surface area contributed by atoms with Crippen LogP contribution in [0.3, 0.4) is 0 Å². The summed E-state index contributed by atoms with van der Waals surface area (Å²) >= 11 is 0. The average molecular weight is 204 g/mol. The minimum absolute atomic E-state index is 0. The monoisotopic (exact) mass is 204 g/mol. The number of ether oxygens (including phenoxy) is 1. The summed E-state index contributed by atoms with van der Waals surface area (Å²) in [6.45, 7) is 7.85. The Bertz CT molecular complexity index is 201. The average Bonchev–Trinajstić information content (AvgIpc) is 1.87. The van der Waals surface area contributed by atoms with E-state index in [0.29, 0.717) is 0 Å². The Morgan fingerprint density at radius 3 is 2.08 bits per heavy atom. The molecular weight excluding hydrogens is 194 g/mol. The van der Waals surface area contributed by atoms with Gasteiger partial charge in [0.2, 0.25) is 0 Å². The molecule has 0 rings (SSSR count). The van der Waals surface area contributed by atoms with Crippen molar-refractivity contribution in [3.63, 3.8) is 0 Å². The molecule has 0 aliphatic heterocycles. The zero-order valence-electron chi connectivity index (χ0n) is 5.72. The maximum absolute atomic E-state index is 10.5. The van der Waals surface area contributed by atoms with Crippen molar-refractivity contribution in [3.8, 4) is 0 Å². The number of hydrogen-bond donors (Lipinski definition) is 0. The SMILES string of the molecule is C=CC(=O)OC(=O)C(=C)C.[KH].[NaH]. The second-order valence-corrected chi connectivity index (χ2v) is 1.69. The normalized spacial score (nSPS) is 6.75. The molecule has 0 amide bonds. The van der Waals surface area contributed by atoms with Crippen LogP contribution in [0.2, 0.25) is 0 Å². The Balaban J connectivity index is -0.000000405. The summed E-state index contributed by atoms with van der Waals surface area (Å²) in [7, 11) is 0. The van der Waals surface area contributed by atoms with E-state index in [1.807, 2.05) is 0 Å². The molecule has 5 heteroatoms. The molecule has 0 fully saturated rings. The summed E-state index contributed by atoms with van der Waals surface area (Å²) in [6.07, 6.45) is 0.918. The van der Waals surface area contributed by atoms with Crippen molar-refractivity contribution in [1.29, 1.82) is 0 Å². The molecule has 0 aromatic rings. The molecule has 0 saturated heterocycles. The van der Waals surface area contributed by atoms with Crippen LogP contribution in [0.5, 0.6) is 0 Å². The molecule has 0 aromatic heterocycles. The van der Waals surface area contributed by atoms with Gasteiger partial charge in [0, 0.05) is 11.6 Å². The maximum atomic E-state index is 10.5. The van der Waals surface area contributed by atoms with E-state index in [0.717, 1.165) is 6.08 Å². The number of hydrogen-bond acceptors (Lipinski definition) is 3. The van der Waals surface area contributed by atoms with Crippen molar-refractivity contribution >= 4 is 92.9 Å². The molecule has 58 valence electrons. The van der Waals surface area contributed by atoms with Crippen LogP contribution in [0.1, 0.15) is 6.92 Å². The van der Waals surface area contributed by atoms with E-state index >= 15 is 0 Å². The summed E-state index contributed by atoms with van der Waals surface area (Å²) in [5.41, 5.74) is 0.190. The van der Waals surface area contributed by atoms with Gasteiger partial charge in [0.1, 0.15) is 0 Å². The summed E-state index contributed by atoms with van der Waals surface area (Å²) < 4.78 is 4.17. The summed E-state index contributed by atoms with van der Waals surface area (Å²) in [4.78, 5) is 20.8. The summed E-state index contributed by atoms with van der Waals surface area (Å²) in [5.74, 6) is -1.47.